The summed E-state index contributed by atoms with van der Waals surface area (Å²) in [6, 6.07) is 5.83. The van der Waals surface area contributed by atoms with E-state index in [0.29, 0.717) is 25.3 Å². The lowest BCUT2D eigenvalue weighted by Crippen LogP contribution is -2.51. The molecular weight excluding hydrogens is 292 g/mol. The van der Waals surface area contributed by atoms with Crippen LogP contribution in [0.25, 0.3) is 0 Å². The van der Waals surface area contributed by atoms with Gasteiger partial charge in [-0.25, -0.2) is 8.42 Å². The van der Waals surface area contributed by atoms with Gasteiger partial charge in [-0.15, -0.1) is 0 Å². The summed E-state index contributed by atoms with van der Waals surface area (Å²) in [5.41, 5.74) is 6.27. The van der Waals surface area contributed by atoms with Crippen molar-refractivity contribution in [1.82, 2.24) is 4.90 Å². The number of hydrogen-bond acceptors (Lipinski definition) is 5. The predicted octanol–water partition coefficient (Wildman–Crippen LogP) is 0.278. The molecule has 1 amide bonds. The molecule has 2 unspecified atom stereocenters. The van der Waals surface area contributed by atoms with Crippen molar-refractivity contribution in [2.75, 3.05) is 26.0 Å². The van der Waals surface area contributed by atoms with Crippen LogP contribution in [0, 0.1) is 0 Å². The average Bonchev–Trinajstić information content (AvgIpc) is 2.46. The van der Waals surface area contributed by atoms with Gasteiger partial charge in [0.25, 0.3) is 5.91 Å². The van der Waals surface area contributed by atoms with E-state index in [-0.39, 0.29) is 22.9 Å². The summed E-state index contributed by atoms with van der Waals surface area (Å²) in [7, 11) is -3.25. The van der Waals surface area contributed by atoms with Crippen LogP contribution in [-0.2, 0) is 14.6 Å². The monoisotopic (exact) mass is 312 g/mol. The van der Waals surface area contributed by atoms with Crippen LogP contribution in [0.5, 0.6) is 0 Å². The predicted molar refractivity (Wildman–Crippen MR) is 78.8 cm³/mol. The molecule has 2 atom stereocenters. The molecule has 1 fully saturated rings. The van der Waals surface area contributed by atoms with Gasteiger partial charge in [0.05, 0.1) is 17.6 Å². The molecule has 1 aliphatic heterocycles. The van der Waals surface area contributed by atoms with Crippen molar-refractivity contribution in [3.63, 3.8) is 0 Å². The molecule has 6 nitrogen and oxygen atoms in total. The number of benzene rings is 1. The summed E-state index contributed by atoms with van der Waals surface area (Å²) in [5.74, 6) is -0.135. The van der Waals surface area contributed by atoms with E-state index < -0.39 is 9.84 Å². The molecule has 0 spiro atoms. The number of hydrogen-bond donors (Lipinski definition) is 1. The van der Waals surface area contributed by atoms with Gasteiger partial charge in [-0.1, -0.05) is 0 Å². The van der Waals surface area contributed by atoms with Gasteiger partial charge >= 0.3 is 0 Å². The molecule has 1 aromatic rings. The Labute approximate surface area is 124 Å². The van der Waals surface area contributed by atoms with E-state index in [1.807, 2.05) is 6.92 Å². The molecule has 21 heavy (non-hydrogen) atoms. The topological polar surface area (TPSA) is 89.7 Å². The molecule has 2 rings (SSSR count). The van der Waals surface area contributed by atoms with Crippen molar-refractivity contribution in [2.45, 2.75) is 24.0 Å². The molecule has 0 aliphatic carbocycles. The molecule has 0 saturated carbocycles. The number of sulfone groups is 1. The number of ether oxygens (including phenoxy) is 1. The minimum absolute atomic E-state index is 0.135. The van der Waals surface area contributed by atoms with Gasteiger partial charge in [0, 0.05) is 31.0 Å². The van der Waals surface area contributed by atoms with E-state index in [1.165, 1.54) is 24.3 Å². The molecular formula is C14H20N2O4S. The Morgan fingerprint density at radius 1 is 1.38 bits per heavy atom. The molecule has 7 heteroatoms. The molecule has 0 aromatic heterocycles. The minimum Gasteiger partial charge on any atom is -0.373 e. The quantitative estimate of drug-likeness (QED) is 0.866. The fourth-order valence-electron chi connectivity index (χ4n) is 2.21. The van der Waals surface area contributed by atoms with E-state index in [4.69, 9.17) is 10.5 Å². The van der Waals surface area contributed by atoms with Gasteiger partial charge in [0.1, 0.15) is 0 Å². The molecule has 1 aromatic carbocycles. The molecule has 116 valence electrons. The van der Waals surface area contributed by atoms with Crippen molar-refractivity contribution in [3.8, 4) is 0 Å². The highest BCUT2D eigenvalue weighted by Gasteiger charge is 2.27. The van der Waals surface area contributed by atoms with Crippen molar-refractivity contribution in [2.24, 2.45) is 5.73 Å². The van der Waals surface area contributed by atoms with Crippen molar-refractivity contribution in [3.05, 3.63) is 29.8 Å². The van der Waals surface area contributed by atoms with Gasteiger partial charge in [0.2, 0.25) is 0 Å². The van der Waals surface area contributed by atoms with Gasteiger partial charge < -0.3 is 15.4 Å². The van der Waals surface area contributed by atoms with Crippen molar-refractivity contribution < 1.29 is 17.9 Å². The molecule has 0 bridgehead atoms. The number of carbonyl (C=O) groups is 1. The first-order chi connectivity index (χ1) is 9.79. The normalized spacial score (nSPS) is 21.1. The average molecular weight is 312 g/mol. The zero-order chi connectivity index (χ0) is 15.6. The van der Waals surface area contributed by atoms with Crippen LogP contribution in [0.3, 0.4) is 0 Å². The SMILES string of the molecule is CC(N)C1CN(C(=O)c2ccc(S(C)(=O)=O)cc2)CCO1. The van der Waals surface area contributed by atoms with E-state index in [9.17, 15) is 13.2 Å². The zero-order valence-corrected chi connectivity index (χ0v) is 13.0. The minimum atomic E-state index is -3.25. The molecule has 0 radical (unpaired) electrons. The first-order valence-electron chi connectivity index (χ1n) is 6.75. The van der Waals surface area contributed by atoms with Crippen LogP contribution >= 0.6 is 0 Å². The summed E-state index contributed by atoms with van der Waals surface area (Å²) in [6.45, 7) is 3.26. The van der Waals surface area contributed by atoms with Gasteiger partial charge in [-0.05, 0) is 31.2 Å². The lowest BCUT2D eigenvalue weighted by Gasteiger charge is -2.34. The third kappa shape index (κ3) is 3.81. The lowest BCUT2D eigenvalue weighted by atomic mass is 10.1. The lowest BCUT2D eigenvalue weighted by molar-refractivity contribution is -0.0300. The zero-order valence-electron chi connectivity index (χ0n) is 12.2. The van der Waals surface area contributed by atoms with Gasteiger partial charge in [-0.2, -0.15) is 0 Å². The number of nitrogens with zero attached hydrogens (tertiary/aromatic N) is 1. The van der Waals surface area contributed by atoms with Crippen LogP contribution in [-0.4, -0.2) is 57.3 Å². The summed E-state index contributed by atoms with van der Waals surface area (Å²) in [6.07, 6.45) is 0.969. The number of nitrogens with two attached hydrogens (primary N) is 1. The summed E-state index contributed by atoms with van der Waals surface area (Å²) >= 11 is 0. The van der Waals surface area contributed by atoms with E-state index in [1.54, 1.807) is 4.90 Å². The smallest absolute Gasteiger partial charge is 0.254 e. The van der Waals surface area contributed by atoms with Gasteiger partial charge in [-0.3, -0.25) is 4.79 Å². The van der Waals surface area contributed by atoms with Crippen molar-refractivity contribution >= 4 is 15.7 Å². The standard InChI is InChI=1S/C14H20N2O4S/c1-10(15)13-9-16(7-8-20-13)14(17)11-3-5-12(6-4-11)21(2,18)19/h3-6,10,13H,7-9,15H2,1-2H3. The Morgan fingerprint density at radius 2 is 2.00 bits per heavy atom. The highest BCUT2D eigenvalue weighted by atomic mass is 32.2. The highest BCUT2D eigenvalue weighted by molar-refractivity contribution is 7.90. The van der Waals surface area contributed by atoms with Crippen LogP contribution in [0.2, 0.25) is 0 Å². The van der Waals surface area contributed by atoms with Crippen LogP contribution in [0.4, 0.5) is 0 Å². The largest absolute Gasteiger partial charge is 0.373 e. The third-order valence-electron chi connectivity index (χ3n) is 3.50. The first-order valence-corrected chi connectivity index (χ1v) is 8.65. The highest BCUT2D eigenvalue weighted by Crippen LogP contribution is 2.15. The summed E-state index contributed by atoms with van der Waals surface area (Å²) in [4.78, 5) is 14.3. The Hall–Kier alpha value is -1.44. The van der Waals surface area contributed by atoms with Gasteiger partial charge in [0.15, 0.2) is 9.84 Å². The second-order valence-corrected chi connectivity index (χ2v) is 7.33. The van der Waals surface area contributed by atoms with Crippen LogP contribution in [0.1, 0.15) is 17.3 Å². The second kappa shape index (κ2) is 6.13. The number of morpholine rings is 1. The van der Waals surface area contributed by atoms with E-state index in [2.05, 4.69) is 0 Å². The molecule has 1 saturated heterocycles. The summed E-state index contributed by atoms with van der Waals surface area (Å²) in [5, 5.41) is 0. The molecule has 1 aliphatic rings. The molecule has 1 heterocycles. The number of rotatable bonds is 3. The summed E-state index contributed by atoms with van der Waals surface area (Å²) < 4.78 is 28.3. The maximum absolute atomic E-state index is 12.4. The fraction of sp³-hybridized carbons (Fsp3) is 0.500. The third-order valence-corrected chi connectivity index (χ3v) is 4.63. The van der Waals surface area contributed by atoms with E-state index in [0.717, 1.165) is 6.26 Å². The fourth-order valence-corrected chi connectivity index (χ4v) is 2.84. The van der Waals surface area contributed by atoms with Crippen molar-refractivity contribution in [1.29, 1.82) is 0 Å². The Kier molecular flexibility index (Phi) is 4.65. The maximum atomic E-state index is 12.4. The Balaban J connectivity index is 2.13. The Morgan fingerprint density at radius 3 is 2.52 bits per heavy atom. The number of amides is 1. The maximum Gasteiger partial charge on any atom is 0.254 e. The second-order valence-electron chi connectivity index (χ2n) is 5.32. The first kappa shape index (κ1) is 15.9. The molecule has 2 N–H and O–H groups in total. The van der Waals surface area contributed by atoms with Crippen LogP contribution in [0.15, 0.2) is 29.2 Å². The number of carbonyl (C=O) groups excluding carboxylic acids is 1. The Bertz CT molecular complexity index is 610. The van der Waals surface area contributed by atoms with Crippen LogP contribution < -0.4 is 5.73 Å². The van der Waals surface area contributed by atoms with E-state index >= 15 is 0 Å².